The second-order valence-electron chi connectivity index (χ2n) is 3.54. The Morgan fingerprint density at radius 1 is 1.79 bits per heavy atom. The Hall–Kier alpha value is -1.10. The molecule has 1 fully saturated rings. The molecule has 1 aliphatic heterocycles. The third-order valence-corrected chi connectivity index (χ3v) is 3.43. The summed E-state index contributed by atoms with van der Waals surface area (Å²) in [5.41, 5.74) is 1.00. The van der Waals surface area contributed by atoms with E-state index in [1.54, 1.807) is 11.3 Å². The number of carboxylic acids is 1. The molecule has 1 N–H and O–H groups in total. The lowest BCUT2D eigenvalue weighted by molar-refractivity contribution is -0.140. The van der Waals surface area contributed by atoms with E-state index in [0.29, 0.717) is 6.54 Å². The predicted molar refractivity (Wildman–Crippen MR) is 54.8 cm³/mol. The van der Waals surface area contributed by atoms with Crippen LogP contribution in [0.2, 0.25) is 0 Å². The molecular formula is C9H12N2O2S. The number of anilines is 1. The van der Waals surface area contributed by atoms with Gasteiger partial charge in [-0.3, -0.25) is 4.79 Å². The van der Waals surface area contributed by atoms with Crippen LogP contribution in [0.15, 0.2) is 5.38 Å². The molecule has 0 aromatic carbocycles. The molecular weight excluding hydrogens is 200 g/mol. The van der Waals surface area contributed by atoms with Gasteiger partial charge in [0, 0.05) is 18.5 Å². The van der Waals surface area contributed by atoms with Crippen LogP contribution < -0.4 is 4.90 Å². The summed E-state index contributed by atoms with van der Waals surface area (Å²) in [4.78, 5) is 17.1. The summed E-state index contributed by atoms with van der Waals surface area (Å²) in [6, 6.07) is 0. The maximum atomic E-state index is 10.7. The van der Waals surface area contributed by atoms with Crippen LogP contribution in [-0.2, 0) is 4.79 Å². The second kappa shape index (κ2) is 3.57. The lowest BCUT2D eigenvalue weighted by atomic mass is 10.1. The highest BCUT2D eigenvalue weighted by molar-refractivity contribution is 7.13. The van der Waals surface area contributed by atoms with Crippen molar-refractivity contribution in [1.29, 1.82) is 0 Å². The zero-order valence-corrected chi connectivity index (χ0v) is 8.75. The summed E-state index contributed by atoms with van der Waals surface area (Å²) in [6.07, 6.45) is 0.730. The molecule has 1 aliphatic rings. The molecule has 76 valence electrons. The molecule has 4 nitrogen and oxygen atoms in total. The molecule has 0 spiro atoms. The summed E-state index contributed by atoms with van der Waals surface area (Å²) in [5, 5.41) is 11.8. The van der Waals surface area contributed by atoms with Crippen LogP contribution in [0.1, 0.15) is 12.1 Å². The van der Waals surface area contributed by atoms with E-state index in [1.165, 1.54) is 0 Å². The van der Waals surface area contributed by atoms with Crippen LogP contribution in [-0.4, -0.2) is 29.1 Å². The molecule has 5 heteroatoms. The minimum atomic E-state index is -0.694. The first kappa shape index (κ1) is 9.45. The monoisotopic (exact) mass is 212 g/mol. The molecule has 2 heterocycles. The van der Waals surface area contributed by atoms with E-state index in [9.17, 15) is 4.79 Å². The summed E-state index contributed by atoms with van der Waals surface area (Å²) in [6.45, 7) is 3.36. The molecule has 1 unspecified atom stereocenters. The summed E-state index contributed by atoms with van der Waals surface area (Å²) < 4.78 is 0. The highest BCUT2D eigenvalue weighted by Crippen LogP contribution is 2.26. The standard InChI is InChI=1S/C9H12N2O2S/c1-6-5-14-9(10-6)11-3-2-7(4-11)8(12)13/h5,7H,2-4H2,1H3,(H,12,13). The van der Waals surface area contributed by atoms with Crippen molar-refractivity contribution >= 4 is 22.4 Å². The normalized spacial score (nSPS) is 21.5. The Bertz CT molecular complexity index is 350. The van der Waals surface area contributed by atoms with Gasteiger partial charge in [-0.05, 0) is 13.3 Å². The van der Waals surface area contributed by atoms with Crippen LogP contribution in [0.25, 0.3) is 0 Å². The number of aliphatic carboxylic acids is 1. The number of hydrogen-bond donors (Lipinski definition) is 1. The topological polar surface area (TPSA) is 53.4 Å². The zero-order chi connectivity index (χ0) is 10.1. The van der Waals surface area contributed by atoms with Gasteiger partial charge in [0.25, 0.3) is 0 Å². The van der Waals surface area contributed by atoms with E-state index in [2.05, 4.69) is 9.88 Å². The summed E-state index contributed by atoms with van der Waals surface area (Å²) in [5.74, 6) is -0.917. The Morgan fingerprint density at radius 3 is 3.07 bits per heavy atom. The Kier molecular flexibility index (Phi) is 2.41. The fraction of sp³-hybridized carbons (Fsp3) is 0.556. The smallest absolute Gasteiger partial charge is 0.308 e. The Labute approximate surface area is 86.2 Å². The van der Waals surface area contributed by atoms with Gasteiger partial charge in [0.15, 0.2) is 5.13 Å². The first-order valence-electron chi connectivity index (χ1n) is 4.56. The second-order valence-corrected chi connectivity index (χ2v) is 4.38. The number of carboxylic acid groups (broad SMARTS) is 1. The van der Waals surface area contributed by atoms with Crippen LogP contribution in [0.4, 0.5) is 5.13 Å². The molecule has 0 aliphatic carbocycles. The van der Waals surface area contributed by atoms with E-state index in [1.807, 2.05) is 12.3 Å². The van der Waals surface area contributed by atoms with Gasteiger partial charge in [-0.2, -0.15) is 0 Å². The third kappa shape index (κ3) is 1.72. The van der Waals surface area contributed by atoms with Crippen LogP contribution >= 0.6 is 11.3 Å². The number of aromatic nitrogens is 1. The van der Waals surface area contributed by atoms with E-state index in [-0.39, 0.29) is 5.92 Å². The van der Waals surface area contributed by atoms with Gasteiger partial charge < -0.3 is 10.0 Å². The lowest BCUT2D eigenvalue weighted by Gasteiger charge is -2.13. The minimum absolute atomic E-state index is 0.223. The van der Waals surface area contributed by atoms with Gasteiger partial charge in [0.05, 0.1) is 11.6 Å². The Morgan fingerprint density at radius 2 is 2.57 bits per heavy atom. The molecule has 1 aromatic heterocycles. The Balaban J connectivity index is 2.05. The van der Waals surface area contributed by atoms with Crippen molar-refractivity contribution in [3.05, 3.63) is 11.1 Å². The summed E-state index contributed by atoms with van der Waals surface area (Å²) >= 11 is 1.58. The van der Waals surface area contributed by atoms with Gasteiger partial charge in [-0.25, -0.2) is 4.98 Å². The number of hydrogen-bond acceptors (Lipinski definition) is 4. The maximum absolute atomic E-state index is 10.7. The molecule has 2 rings (SSSR count). The fourth-order valence-electron chi connectivity index (χ4n) is 1.62. The fourth-order valence-corrected chi connectivity index (χ4v) is 2.46. The molecule has 1 aromatic rings. The molecule has 14 heavy (non-hydrogen) atoms. The quantitative estimate of drug-likeness (QED) is 0.804. The average Bonchev–Trinajstić information content (AvgIpc) is 2.70. The van der Waals surface area contributed by atoms with Crippen molar-refractivity contribution in [1.82, 2.24) is 4.98 Å². The van der Waals surface area contributed by atoms with Gasteiger partial charge in [-0.15, -0.1) is 11.3 Å². The molecule has 1 saturated heterocycles. The number of aryl methyl sites for hydroxylation is 1. The van der Waals surface area contributed by atoms with E-state index in [0.717, 1.165) is 23.8 Å². The largest absolute Gasteiger partial charge is 0.481 e. The average molecular weight is 212 g/mol. The molecule has 1 atom stereocenters. The van der Waals surface area contributed by atoms with Crippen molar-refractivity contribution in [2.24, 2.45) is 5.92 Å². The first-order valence-corrected chi connectivity index (χ1v) is 5.44. The SMILES string of the molecule is Cc1csc(N2CCC(C(=O)O)C2)n1. The highest BCUT2D eigenvalue weighted by Gasteiger charge is 2.29. The van der Waals surface area contributed by atoms with Crippen LogP contribution in [0, 0.1) is 12.8 Å². The summed E-state index contributed by atoms with van der Waals surface area (Å²) in [7, 11) is 0. The molecule has 0 bridgehead atoms. The van der Waals surface area contributed by atoms with Crippen molar-refractivity contribution in [3.63, 3.8) is 0 Å². The first-order chi connectivity index (χ1) is 6.66. The minimum Gasteiger partial charge on any atom is -0.481 e. The van der Waals surface area contributed by atoms with Gasteiger partial charge in [0.2, 0.25) is 0 Å². The number of nitrogens with zero attached hydrogens (tertiary/aromatic N) is 2. The van der Waals surface area contributed by atoms with Gasteiger partial charge >= 0.3 is 5.97 Å². The highest BCUT2D eigenvalue weighted by atomic mass is 32.1. The predicted octanol–water partition coefficient (Wildman–Crippen LogP) is 1.36. The van der Waals surface area contributed by atoms with Crippen molar-refractivity contribution < 1.29 is 9.90 Å². The van der Waals surface area contributed by atoms with Crippen molar-refractivity contribution in [2.75, 3.05) is 18.0 Å². The van der Waals surface area contributed by atoms with E-state index in [4.69, 9.17) is 5.11 Å². The zero-order valence-electron chi connectivity index (χ0n) is 7.93. The van der Waals surface area contributed by atoms with E-state index < -0.39 is 5.97 Å². The van der Waals surface area contributed by atoms with Gasteiger partial charge in [0.1, 0.15) is 0 Å². The van der Waals surface area contributed by atoms with Crippen LogP contribution in [0.5, 0.6) is 0 Å². The van der Waals surface area contributed by atoms with Crippen molar-refractivity contribution in [3.8, 4) is 0 Å². The number of thiazole rings is 1. The lowest BCUT2D eigenvalue weighted by Crippen LogP contribution is -2.22. The van der Waals surface area contributed by atoms with Gasteiger partial charge in [-0.1, -0.05) is 0 Å². The van der Waals surface area contributed by atoms with Crippen LogP contribution in [0.3, 0.4) is 0 Å². The van der Waals surface area contributed by atoms with Crippen molar-refractivity contribution in [2.45, 2.75) is 13.3 Å². The maximum Gasteiger partial charge on any atom is 0.308 e. The molecule has 0 saturated carbocycles. The third-order valence-electron chi connectivity index (χ3n) is 2.41. The number of rotatable bonds is 2. The molecule has 0 amide bonds. The number of carbonyl (C=O) groups is 1. The molecule has 0 radical (unpaired) electrons. The van der Waals surface area contributed by atoms with E-state index >= 15 is 0 Å².